The van der Waals surface area contributed by atoms with Crippen molar-refractivity contribution >= 4 is 29.1 Å². The Bertz CT molecular complexity index is 1380. The van der Waals surface area contributed by atoms with Crippen LogP contribution in [-0.4, -0.2) is 39.8 Å². The fraction of sp³-hybridized carbons (Fsp3) is 0.241. The molecule has 0 spiro atoms. The van der Waals surface area contributed by atoms with Gasteiger partial charge in [-0.05, 0) is 56.2 Å². The molecule has 1 aliphatic rings. The van der Waals surface area contributed by atoms with Crippen LogP contribution >= 0.6 is 23.2 Å². The molecule has 2 heterocycles. The zero-order valence-corrected chi connectivity index (χ0v) is 22.0. The third kappa shape index (κ3) is 5.67. The van der Waals surface area contributed by atoms with Gasteiger partial charge in [-0.25, -0.2) is 4.68 Å². The number of para-hydroxylation sites is 2. The summed E-state index contributed by atoms with van der Waals surface area (Å²) in [6.07, 6.45) is 1.84. The Morgan fingerprint density at radius 1 is 1.03 bits per heavy atom. The summed E-state index contributed by atoms with van der Waals surface area (Å²) < 4.78 is 14.0. The molecule has 0 aliphatic carbocycles. The van der Waals surface area contributed by atoms with Gasteiger partial charge in [-0.3, -0.25) is 4.79 Å². The molecule has 0 bridgehead atoms. The average Bonchev–Trinajstić information content (AvgIpc) is 3.53. The maximum Gasteiger partial charge on any atom is 0.255 e. The predicted molar refractivity (Wildman–Crippen MR) is 145 cm³/mol. The topological polar surface area (TPSA) is 56.6 Å². The molecular weight excluding hydrogens is 509 g/mol. The number of nitrogens with zero attached hydrogens (tertiary/aromatic N) is 3. The van der Waals surface area contributed by atoms with E-state index in [0.29, 0.717) is 40.4 Å². The van der Waals surface area contributed by atoms with E-state index < -0.39 is 0 Å². The number of ether oxygens (including phenoxy) is 2. The second-order valence-electron chi connectivity index (χ2n) is 8.95. The number of benzene rings is 3. The summed E-state index contributed by atoms with van der Waals surface area (Å²) in [6, 6.07) is 24.1. The first-order valence-electron chi connectivity index (χ1n) is 12.2. The normalized spacial score (nSPS) is 15.1. The van der Waals surface area contributed by atoms with Crippen molar-refractivity contribution in [3.63, 3.8) is 0 Å². The van der Waals surface area contributed by atoms with E-state index in [1.165, 1.54) is 0 Å². The fourth-order valence-electron chi connectivity index (χ4n) is 4.45. The van der Waals surface area contributed by atoms with Crippen LogP contribution in [-0.2, 0) is 11.3 Å². The highest BCUT2D eigenvalue weighted by Gasteiger charge is 2.28. The van der Waals surface area contributed by atoms with Gasteiger partial charge in [0.15, 0.2) is 0 Å². The molecule has 1 atom stereocenters. The zero-order chi connectivity index (χ0) is 25.8. The van der Waals surface area contributed by atoms with E-state index in [2.05, 4.69) is 0 Å². The highest BCUT2D eigenvalue weighted by Crippen LogP contribution is 2.35. The van der Waals surface area contributed by atoms with Crippen molar-refractivity contribution in [1.29, 1.82) is 0 Å². The number of carbonyl (C=O) groups excluding carboxylic acids is 1. The van der Waals surface area contributed by atoms with Gasteiger partial charge in [-0.1, -0.05) is 65.7 Å². The number of hydrogen-bond acceptors (Lipinski definition) is 4. The van der Waals surface area contributed by atoms with Crippen LogP contribution in [0.5, 0.6) is 11.6 Å². The number of aromatic nitrogens is 2. The van der Waals surface area contributed by atoms with Crippen LogP contribution < -0.4 is 4.74 Å². The SMILES string of the molecule is Cc1nn(-c2ccccc2)c(Oc2ccccc2Cl)c1CN(CC1CCCO1)C(=O)c1ccccc1Cl. The third-order valence-electron chi connectivity index (χ3n) is 6.37. The van der Waals surface area contributed by atoms with Gasteiger partial charge in [-0.15, -0.1) is 0 Å². The minimum atomic E-state index is -0.170. The molecule has 4 aromatic rings. The number of aryl methyl sites for hydroxylation is 1. The largest absolute Gasteiger partial charge is 0.437 e. The van der Waals surface area contributed by atoms with E-state index in [9.17, 15) is 4.79 Å². The van der Waals surface area contributed by atoms with Gasteiger partial charge < -0.3 is 14.4 Å². The Morgan fingerprint density at radius 2 is 1.73 bits per heavy atom. The maximum atomic E-state index is 13.8. The van der Waals surface area contributed by atoms with Crippen molar-refractivity contribution in [2.24, 2.45) is 0 Å². The summed E-state index contributed by atoms with van der Waals surface area (Å²) in [7, 11) is 0. The second-order valence-corrected chi connectivity index (χ2v) is 9.76. The lowest BCUT2D eigenvalue weighted by Crippen LogP contribution is -2.37. The number of amides is 1. The fourth-order valence-corrected chi connectivity index (χ4v) is 4.84. The molecule has 1 unspecified atom stereocenters. The van der Waals surface area contributed by atoms with Crippen LogP contribution in [0, 0.1) is 6.92 Å². The van der Waals surface area contributed by atoms with Gasteiger partial charge in [0, 0.05) is 13.2 Å². The van der Waals surface area contributed by atoms with E-state index in [0.717, 1.165) is 29.8 Å². The third-order valence-corrected chi connectivity index (χ3v) is 7.01. The molecule has 1 saturated heterocycles. The first-order valence-corrected chi connectivity index (χ1v) is 13.0. The van der Waals surface area contributed by atoms with Crippen LogP contribution in [0.25, 0.3) is 5.69 Å². The highest BCUT2D eigenvalue weighted by molar-refractivity contribution is 6.33. The van der Waals surface area contributed by atoms with E-state index in [-0.39, 0.29) is 18.6 Å². The molecule has 5 rings (SSSR count). The molecule has 1 aliphatic heterocycles. The second kappa shape index (κ2) is 11.4. The maximum absolute atomic E-state index is 13.8. The predicted octanol–water partition coefficient (Wildman–Crippen LogP) is 7.10. The summed E-state index contributed by atoms with van der Waals surface area (Å²) in [5.41, 5.74) is 2.81. The standard InChI is InChI=1S/C29H27Cl2N3O3/c1-20-24(19-33(18-22-12-9-17-36-22)28(35)23-13-5-6-14-25(23)30)29(37-27-16-8-7-15-26(27)31)34(32-20)21-10-3-2-4-11-21/h2-8,10-11,13-16,22H,9,12,17-19H2,1H3. The van der Waals surface area contributed by atoms with Gasteiger partial charge in [0.05, 0.1) is 45.2 Å². The summed E-state index contributed by atoms with van der Waals surface area (Å²) in [4.78, 5) is 15.5. The van der Waals surface area contributed by atoms with E-state index in [1.54, 1.807) is 27.8 Å². The lowest BCUT2D eigenvalue weighted by atomic mass is 10.1. The Labute approximate surface area is 226 Å². The number of hydrogen-bond donors (Lipinski definition) is 0. The number of carbonyl (C=O) groups is 1. The molecule has 37 heavy (non-hydrogen) atoms. The Morgan fingerprint density at radius 3 is 2.43 bits per heavy atom. The van der Waals surface area contributed by atoms with E-state index in [4.69, 9.17) is 37.8 Å². The van der Waals surface area contributed by atoms with Crippen molar-refractivity contribution in [2.45, 2.75) is 32.4 Å². The molecule has 190 valence electrons. The lowest BCUT2D eigenvalue weighted by Gasteiger charge is -2.26. The molecular formula is C29H27Cl2N3O3. The van der Waals surface area contributed by atoms with Crippen molar-refractivity contribution in [1.82, 2.24) is 14.7 Å². The van der Waals surface area contributed by atoms with Crippen molar-refractivity contribution < 1.29 is 14.3 Å². The summed E-state index contributed by atoms with van der Waals surface area (Å²) >= 11 is 12.9. The lowest BCUT2D eigenvalue weighted by molar-refractivity contribution is 0.0505. The monoisotopic (exact) mass is 535 g/mol. The minimum absolute atomic E-state index is 0.0381. The van der Waals surface area contributed by atoms with E-state index >= 15 is 0 Å². The van der Waals surface area contributed by atoms with Crippen LogP contribution in [0.4, 0.5) is 0 Å². The van der Waals surface area contributed by atoms with Crippen LogP contribution in [0.15, 0.2) is 78.9 Å². The first kappa shape index (κ1) is 25.3. The molecule has 1 aromatic heterocycles. The molecule has 6 nitrogen and oxygen atoms in total. The molecule has 0 saturated carbocycles. The van der Waals surface area contributed by atoms with Gasteiger partial charge in [0.25, 0.3) is 5.91 Å². The first-order chi connectivity index (χ1) is 18.0. The molecule has 0 N–H and O–H groups in total. The van der Waals surface area contributed by atoms with E-state index in [1.807, 2.05) is 67.6 Å². The molecule has 3 aromatic carbocycles. The minimum Gasteiger partial charge on any atom is -0.437 e. The van der Waals surface area contributed by atoms with Crippen LogP contribution in [0.3, 0.4) is 0 Å². The summed E-state index contributed by atoms with van der Waals surface area (Å²) in [5.74, 6) is 0.836. The summed E-state index contributed by atoms with van der Waals surface area (Å²) in [5, 5.41) is 5.69. The van der Waals surface area contributed by atoms with Gasteiger partial charge in [0.1, 0.15) is 5.75 Å². The molecule has 8 heteroatoms. The van der Waals surface area contributed by atoms with Crippen molar-refractivity contribution in [3.8, 4) is 17.3 Å². The number of halogens is 2. The average molecular weight is 536 g/mol. The van der Waals surface area contributed by atoms with Gasteiger partial charge >= 0.3 is 0 Å². The van der Waals surface area contributed by atoms with Crippen molar-refractivity contribution in [2.75, 3.05) is 13.2 Å². The zero-order valence-electron chi connectivity index (χ0n) is 20.4. The summed E-state index contributed by atoms with van der Waals surface area (Å²) in [6.45, 7) is 3.32. The van der Waals surface area contributed by atoms with Gasteiger partial charge in [0.2, 0.25) is 5.88 Å². The number of rotatable bonds is 8. The van der Waals surface area contributed by atoms with Crippen LogP contribution in [0.2, 0.25) is 10.0 Å². The highest BCUT2D eigenvalue weighted by atomic mass is 35.5. The smallest absolute Gasteiger partial charge is 0.255 e. The Balaban J connectivity index is 1.57. The van der Waals surface area contributed by atoms with Gasteiger partial charge in [-0.2, -0.15) is 5.10 Å². The molecule has 1 fully saturated rings. The molecule has 0 radical (unpaired) electrons. The Hall–Kier alpha value is -3.32. The Kier molecular flexibility index (Phi) is 7.79. The molecule has 1 amide bonds. The quantitative estimate of drug-likeness (QED) is 0.241. The van der Waals surface area contributed by atoms with Crippen molar-refractivity contribution in [3.05, 3.63) is 106 Å². The van der Waals surface area contributed by atoms with Crippen LogP contribution in [0.1, 0.15) is 34.5 Å².